The second kappa shape index (κ2) is 7.34. The van der Waals surface area contributed by atoms with Crippen LogP contribution in [0.15, 0.2) is 24.5 Å². The van der Waals surface area contributed by atoms with Gasteiger partial charge in [-0.05, 0) is 25.1 Å². The Hall–Kier alpha value is -1.95. The van der Waals surface area contributed by atoms with Crippen LogP contribution in [-0.4, -0.2) is 29.9 Å². The summed E-state index contributed by atoms with van der Waals surface area (Å²) in [7, 11) is 0. The van der Waals surface area contributed by atoms with E-state index in [2.05, 4.69) is 15.6 Å². The number of carbonyl (C=O) groups excluding carboxylic acids is 2. The molecule has 0 aliphatic rings. The molecule has 0 aliphatic carbocycles. The molecule has 0 unspecified atom stereocenters. The number of hydrogen-bond donors (Lipinski definition) is 3. The third-order valence-electron chi connectivity index (χ3n) is 2.00. The summed E-state index contributed by atoms with van der Waals surface area (Å²) >= 11 is 0. The average molecular weight is 236 g/mol. The van der Waals surface area contributed by atoms with Crippen LogP contribution in [0.25, 0.3) is 0 Å². The SMILES string of the molecule is NCCCC(=O)NCC(=O)Nc1cccnc1. The Morgan fingerprint density at radius 2 is 2.18 bits per heavy atom. The maximum atomic E-state index is 11.4. The number of nitrogens with zero attached hydrogens (tertiary/aromatic N) is 1. The first kappa shape index (κ1) is 13.1. The summed E-state index contributed by atoms with van der Waals surface area (Å²) < 4.78 is 0. The predicted molar refractivity (Wildman–Crippen MR) is 64.2 cm³/mol. The highest BCUT2D eigenvalue weighted by atomic mass is 16.2. The van der Waals surface area contributed by atoms with Gasteiger partial charge in [-0.15, -0.1) is 0 Å². The fourth-order valence-electron chi connectivity index (χ4n) is 1.17. The highest BCUT2D eigenvalue weighted by molar-refractivity contribution is 5.94. The number of anilines is 1. The maximum absolute atomic E-state index is 11.4. The molecule has 4 N–H and O–H groups in total. The van der Waals surface area contributed by atoms with Crippen molar-refractivity contribution in [2.45, 2.75) is 12.8 Å². The molecule has 6 nitrogen and oxygen atoms in total. The molecule has 2 amide bonds. The smallest absolute Gasteiger partial charge is 0.243 e. The van der Waals surface area contributed by atoms with Crippen molar-refractivity contribution in [2.24, 2.45) is 5.73 Å². The molecule has 0 atom stereocenters. The minimum absolute atomic E-state index is 0.0434. The van der Waals surface area contributed by atoms with Crippen molar-refractivity contribution in [3.63, 3.8) is 0 Å². The molecule has 0 radical (unpaired) electrons. The zero-order chi connectivity index (χ0) is 12.5. The van der Waals surface area contributed by atoms with Crippen LogP contribution < -0.4 is 16.4 Å². The molecule has 0 fully saturated rings. The van der Waals surface area contributed by atoms with Gasteiger partial charge in [-0.1, -0.05) is 0 Å². The fourth-order valence-corrected chi connectivity index (χ4v) is 1.17. The van der Waals surface area contributed by atoms with Gasteiger partial charge in [0.2, 0.25) is 11.8 Å². The van der Waals surface area contributed by atoms with E-state index < -0.39 is 0 Å². The minimum Gasteiger partial charge on any atom is -0.347 e. The summed E-state index contributed by atoms with van der Waals surface area (Å²) in [6.07, 6.45) is 4.12. The normalized spacial score (nSPS) is 9.71. The van der Waals surface area contributed by atoms with Gasteiger partial charge in [0.15, 0.2) is 0 Å². The molecular weight excluding hydrogens is 220 g/mol. The van der Waals surface area contributed by atoms with Crippen LogP contribution in [-0.2, 0) is 9.59 Å². The highest BCUT2D eigenvalue weighted by Gasteiger charge is 2.05. The molecule has 1 aromatic rings. The van der Waals surface area contributed by atoms with Crippen LogP contribution in [0.1, 0.15) is 12.8 Å². The van der Waals surface area contributed by atoms with E-state index >= 15 is 0 Å². The first-order valence-corrected chi connectivity index (χ1v) is 5.39. The standard InChI is InChI=1S/C11H16N4O2/c12-5-1-4-10(16)14-8-11(17)15-9-3-2-6-13-7-9/h2-3,6-7H,1,4-5,8,12H2,(H,14,16)(H,15,17). The second-order valence-corrected chi connectivity index (χ2v) is 3.46. The highest BCUT2D eigenvalue weighted by Crippen LogP contribution is 2.01. The topological polar surface area (TPSA) is 97.1 Å². The predicted octanol–water partition coefficient (Wildman–Crippen LogP) is -0.125. The zero-order valence-corrected chi connectivity index (χ0v) is 9.48. The largest absolute Gasteiger partial charge is 0.347 e. The van der Waals surface area contributed by atoms with Crippen molar-refractivity contribution in [2.75, 3.05) is 18.4 Å². The van der Waals surface area contributed by atoms with E-state index in [1.165, 1.54) is 6.20 Å². The molecule has 92 valence electrons. The lowest BCUT2D eigenvalue weighted by molar-refractivity contribution is -0.124. The molecule has 0 aromatic carbocycles. The lowest BCUT2D eigenvalue weighted by Crippen LogP contribution is -2.32. The molecule has 1 aromatic heterocycles. The van der Waals surface area contributed by atoms with Crippen LogP contribution in [0.5, 0.6) is 0 Å². The van der Waals surface area contributed by atoms with E-state index in [4.69, 9.17) is 5.73 Å². The minimum atomic E-state index is -0.279. The van der Waals surface area contributed by atoms with Crippen LogP contribution in [0.2, 0.25) is 0 Å². The average Bonchev–Trinajstić information content (AvgIpc) is 2.35. The number of hydrogen-bond acceptors (Lipinski definition) is 4. The number of carbonyl (C=O) groups is 2. The van der Waals surface area contributed by atoms with Crippen LogP contribution in [0.3, 0.4) is 0 Å². The second-order valence-electron chi connectivity index (χ2n) is 3.46. The van der Waals surface area contributed by atoms with Crippen molar-refractivity contribution in [3.8, 4) is 0 Å². The van der Waals surface area contributed by atoms with Gasteiger partial charge in [-0.25, -0.2) is 0 Å². The van der Waals surface area contributed by atoms with E-state index in [-0.39, 0.29) is 18.4 Å². The van der Waals surface area contributed by atoms with E-state index in [0.717, 1.165) is 0 Å². The van der Waals surface area contributed by atoms with E-state index in [9.17, 15) is 9.59 Å². The summed E-state index contributed by atoms with van der Waals surface area (Å²) in [5.74, 6) is -0.448. The van der Waals surface area contributed by atoms with Gasteiger partial charge in [0.1, 0.15) is 0 Å². The zero-order valence-electron chi connectivity index (χ0n) is 9.48. The number of aromatic nitrogens is 1. The Morgan fingerprint density at radius 1 is 1.35 bits per heavy atom. The molecule has 0 spiro atoms. The summed E-state index contributed by atoms with van der Waals surface area (Å²) in [4.78, 5) is 26.5. The van der Waals surface area contributed by atoms with Crippen LogP contribution in [0, 0.1) is 0 Å². The quantitative estimate of drug-likeness (QED) is 0.641. The van der Waals surface area contributed by atoms with E-state index in [0.29, 0.717) is 25.1 Å². The van der Waals surface area contributed by atoms with Gasteiger partial charge < -0.3 is 16.4 Å². The van der Waals surface area contributed by atoms with Crippen molar-refractivity contribution < 1.29 is 9.59 Å². The number of rotatable bonds is 6. The Labute approximate surface area is 99.6 Å². The van der Waals surface area contributed by atoms with Crippen LogP contribution >= 0.6 is 0 Å². The summed E-state index contributed by atoms with van der Waals surface area (Å²) in [5.41, 5.74) is 5.87. The number of amides is 2. The molecule has 0 bridgehead atoms. The van der Waals surface area contributed by atoms with Gasteiger partial charge in [0, 0.05) is 12.6 Å². The Kier molecular flexibility index (Phi) is 5.67. The number of pyridine rings is 1. The third-order valence-corrected chi connectivity index (χ3v) is 2.00. The summed E-state index contributed by atoms with van der Waals surface area (Å²) in [5, 5.41) is 5.12. The van der Waals surface area contributed by atoms with E-state index in [1.54, 1.807) is 18.3 Å². The lowest BCUT2D eigenvalue weighted by atomic mass is 10.3. The Balaban J connectivity index is 2.24. The van der Waals surface area contributed by atoms with Gasteiger partial charge in [0.05, 0.1) is 18.4 Å². The van der Waals surface area contributed by atoms with Crippen LogP contribution in [0.4, 0.5) is 5.69 Å². The van der Waals surface area contributed by atoms with Crippen molar-refractivity contribution >= 4 is 17.5 Å². The molecule has 0 saturated heterocycles. The molecule has 0 saturated carbocycles. The van der Waals surface area contributed by atoms with Crippen molar-refractivity contribution in [3.05, 3.63) is 24.5 Å². The molecule has 1 heterocycles. The first-order chi connectivity index (χ1) is 8.22. The van der Waals surface area contributed by atoms with Gasteiger partial charge in [-0.3, -0.25) is 14.6 Å². The molecule has 6 heteroatoms. The maximum Gasteiger partial charge on any atom is 0.243 e. The summed E-state index contributed by atoms with van der Waals surface area (Å²) in [6, 6.07) is 3.44. The summed E-state index contributed by atoms with van der Waals surface area (Å²) in [6.45, 7) is 0.424. The monoisotopic (exact) mass is 236 g/mol. The van der Waals surface area contributed by atoms with Gasteiger partial charge >= 0.3 is 0 Å². The Morgan fingerprint density at radius 3 is 2.82 bits per heavy atom. The molecule has 1 rings (SSSR count). The first-order valence-electron chi connectivity index (χ1n) is 5.39. The number of nitrogens with one attached hydrogen (secondary N) is 2. The van der Waals surface area contributed by atoms with E-state index in [1.807, 2.05) is 0 Å². The molecule has 17 heavy (non-hydrogen) atoms. The molecule has 0 aliphatic heterocycles. The van der Waals surface area contributed by atoms with Gasteiger partial charge in [-0.2, -0.15) is 0 Å². The van der Waals surface area contributed by atoms with Crippen molar-refractivity contribution in [1.82, 2.24) is 10.3 Å². The number of nitrogens with two attached hydrogens (primary N) is 1. The van der Waals surface area contributed by atoms with Gasteiger partial charge in [0.25, 0.3) is 0 Å². The Bertz CT molecular complexity index is 367. The molecular formula is C11H16N4O2. The van der Waals surface area contributed by atoms with Crippen molar-refractivity contribution in [1.29, 1.82) is 0 Å². The third kappa shape index (κ3) is 5.62. The fraction of sp³-hybridized carbons (Fsp3) is 0.364. The lowest BCUT2D eigenvalue weighted by Gasteiger charge is -2.06.